The second-order valence-corrected chi connectivity index (χ2v) is 6.90. The average molecular weight is 296 g/mol. The maximum Gasteiger partial charge on any atom is 0.305 e. The average Bonchev–Trinajstić information content (AvgIpc) is 2.45. The first kappa shape index (κ1) is 16.3. The quantitative estimate of drug-likeness (QED) is 0.724. The molecule has 1 aliphatic heterocycles. The molecule has 1 heterocycles. The van der Waals surface area contributed by atoms with E-state index >= 15 is 0 Å². The number of carbonyl (C=O) groups excluding carboxylic acids is 1. The summed E-state index contributed by atoms with van der Waals surface area (Å²) < 4.78 is 0. The molecule has 0 spiro atoms. The Balaban J connectivity index is 1.88. The highest BCUT2D eigenvalue weighted by Crippen LogP contribution is 2.32. The Morgan fingerprint density at radius 3 is 2.57 bits per heavy atom. The van der Waals surface area contributed by atoms with Gasteiger partial charge in [0.2, 0.25) is 5.91 Å². The molecule has 2 rings (SSSR count). The van der Waals surface area contributed by atoms with E-state index in [-0.39, 0.29) is 30.3 Å². The predicted octanol–water partition coefficient (Wildman–Crippen LogP) is 1.91. The van der Waals surface area contributed by atoms with Crippen LogP contribution >= 0.6 is 0 Å². The summed E-state index contributed by atoms with van der Waals surface area (Å²) in [7, 11) is 0. The lowest BCUT2D eigenvalue weighted by Crippen LogP contribution is -2.56. The molecule has 0 aromatic carbocycles. The van der Waals surface area contributed by atoms with Crippen LogP contribution in [0.4, 0.5) is 0 Å². The molecule has 21 heavy (non-hydrogen) atoms. The molecule has 5 heteroatoms. The summed E-state index contributed by atoms with van der Waals surface area (Å²) in [6.45, 7) is 3.89. The molecule has 1 amide bonds. The molecule has 1 saturated heterocycles. The second-order valence-electron chi connectivity index (χ2n) is 6.90. The first-order chi connectivity index (χ1) is 9.97. The van der Waals surface area contributed by atoms with Gasteiger partial charge in [0.05, 0.1) is 12.5 Å². The number of hydrogen-bond donors (Lipinski definition) is 3. The fraction of sp³-hybridized carbons (Fsp3) is 0.875. The van der Waals surface area contributed by atoms with Crippen molar-refractivity contribution in [2.75, 3.05) is 0 Å². The van der Waals surface area contributed by atoms with Gasteiger partial charge in [0.15, 0.2) is 0 Å². The second kappa shape index (κ2) is 7.25. The molecular weight excluding hydrogens is 268 g/mol. The number of nitrogens with one attached hydrogen (secondary N) is 2. The van der Waals surface area contributed by atoms with Crippen LogP contribution in [0.15, 0.2) is 0 Å². The Morgan fingerprint density at radius 2 is 1.90 bits per heavy atom. The molecule has 1 aliphatic carbocycles. The predicted molar refractivity (Wildman–Crippen MR) is 80.9 cm³/mol. The van der Waals surface area contributed by atoms with Crippen molar-refractivity contribution in [3.63, 3.8) is 0 Å². The van der Waals surface area contributed by atoms with Gasteiger partial charge in [-0.2, -0.15) is 0 Å². The van der Waals surface area contributed by atoms with E-state index in [0.717, 1.165) is 25.2 Å². The maximum absolute atomic E-state index is 12.4. The Bertz CT molecular complexity index is 384. The molecule has 4 unspecified atom stereocenters. The van der Waals surface area contributed by atoms with Crippen molar-refractivity contribution in [2.45, 2.75) is 76.9 Å². The van der Waals surface area contributed by atoms with Crippen molar-refractivity contribution in [3.8, 4) is 0 Å². The number of amides is 1. The number of carboxylic acid groups (broad SMARTS) is 1. The molecule has 1 saturated carbocycles. The van der Waals surface area contributed by atoms with Crippen LogP contribution in [0.1, 0.15) is 58.8 Å². The van der Waals surface area contributed by atoms with Crippen molar-refractivity contribution in [2.24, 2.45) is 11.8 Å². The fourth-order valence-corrected chi connectivity index (χ4v) is 3.63. The molecule has 2 aliphatic rings. The summed E-state index contributed by atoms with van der Waals surface area (Å²) in [5.41, 5.74) is 0. The molecule has 4 atom stereocenters. The van der Waals surface area contributed by atoms with Gasteiger partial charge in [-0.25, -0.2) is 0 Å². The summed E-state index contributed by atoms with van der Waals surface area (Å²) in [6.07, 6.45) is 6.97. The Hall–Kier alpha value is -1.10. The molecule has 0 radical (unpaired) electrons. The van der Waals surface area contributed by atoms with Crippen LogP contribution in [0.3, 0.4) is 0 Å². The van der Waals surface area contributed by atoms with Crippen LogP contribution in [-0.4, -0.2) is 35.1 Å². The van der Waals surface area contributed by atoms with E-state index in [1.54, 1.807) is 0 Å². The van der Waals surface area contributed by atoms with Gasteiger partial charge < -0.3 is 15.7 Å². The highest BCUT2D eigenvalue weighted by Gasteiger charge is 2.35. The van der Waals surface area contributed by atoms with Crippen LogP contribution in [0.2, 0.25) is 0 Å². The topological polar surface area (TPSA) is 78.4 Å². The summed E-state index contributed by atoms with van der Waals surface area (Å²) in [5.74, 6) is -0.0456. The minimum absolute atomic E-state index is 0.0117. The number of aliphatic carboxylic acids is 1. The Labute approximate surface area is 126 Å². The van der Waals surface area contributed by atoms with Crippen LogP contribution in [0.25, 0.3) is 0 Å². The number of carbonyl (C=O) groups is 2. The zero-order valence-electron chi connectivity index (χ0n) is 13.1. The van der Waals surface area contributed by atoms with E-state index in [9.17, 15) is 9.59 Å². The van der Waals surface area contributed by atoms with Crippen LogP contribution in [-0.2, 0) is 9.59 Å². The van der Waals surface area contributed by atoms with Crippen molar-refractivity contribution in [1.82, 2.24) is 10.6 Å². The van der Waals surface area contributed by atoms with Gasteiger partial charge in [-0.1, -0.05) is 26.7 Å². The summed E-state index contributed by atoms with van der Waals surface area (Å²) >= 11 is 0. The van der Waals surface area contributed by atoms with Crippen molar-refractivity contribution >= 4 is 11.9 Å². The minimum atomic E-state index is -0.863. The zero-order chi connectivity index (χ0) is 15.4. The zero-order valence-corrected chi connectivity index (χ0v) is 13.1. The summed E-state index contributed by atoms with van der Waals surface area (Å²) in [4.78, 5) is 23.3. The van der Waals surface area contributed by atoms with Gasteiger partial charge in [-0.05, 0) is 37.5 Å². The molecule has 0 aromatic heterocycles. The van der Waals surface area contributed by atoms with Crippen LogP contribution in [0.5, 0.6) is 0 Å². The Morgan fingerprint density at radius 1 is 1.19 bits per heavy atom. The maximum atomic E-state index is 12.4. The van der Waals surface area contributed by atoms with E-state index in [1.165, 1.54) is 19.3 Å². The van der Waals surface area contributed by atoms with Gasteiger partial charge in [-0.15, -0.1) is 0 Å². The lowest BCUT2D eigenvalue weighted by atomic mass is 9.77. The largest absolute Gasteiger partial charge is 0.481 e. The first-order valence-corrected chi connectivity index (χ1v) is 8.25. The third-order valence-electron chi connectivity index (χ3n) is 4.99. The molecule has 0 bridgehead atoms. The monoisotopic (exact) mass is 296 g/mol. The standard InChI is InChI=1S/C16H28N2O3/c1-10(2)14(9-15(19)20)18-16(21)13-8-7-11-5-3-4-6-12(11)17-13/h10-14,17H,3-9H2,1-2H3,(H,18,21)(H,19,20). The van der Waals surface area contributed by atoms with Crippen LogP contribution in [0, 0.1) is 11.8 Å². The van der Waals surface area contributed by atoms with Gasteiger partial charge >= 0.3 is 5.97 Å². The van der Waals surface area contributed by atoms with Gasteiger partial charge in [0.1, 0.15) is 0 Å². The number of hydrogen-bond acceptors (Lipinski definition) is 3. The van der Waals surface area contributed by atoms with Crippen molar-refractivity contribution < 1.29 is 14.7 Å². The third-order valence-corrected chi connectivity index (χ3v) is 4.99. The highest BCUT2D eigenvalue weighted by atomic mass is 16.4. The molecule has 2 fully saturated rings. The fourth-order valence-electron chi connectivity index (χ4n) is 3.63. The van der Waals surface area contributed by atoms with E-state index in [4.69, 9.17) is 5.11 Å². The number of rotatable bonds is 5. The lowest BCUT2D eigenvalue weighted by molar-refractivity contribution is -0.138. The van der Waals surface area contributed by atoms with E-state index < -0.39 is 5.97 Å². The smallest absolute Gasteiger partial charge is 0.305 e. The SMILES string of the molecule is CC(C)C(CC(=O)O)NC(=O)C1CCC2CCCCC2N1. The van der Waals surface area contributed by atoms with Crippen molar-refractivity contribution in [1.29, 1.82) is 0 Å². The number of carboxylic acids is 1. The molecule has 3 N–H and O–H groups in total. The highest BCUT2D eigenvalue weighted by molar-refractivity contribution is 5.82. The summed E-state index contributed by atoms with van der Waals surface area (Å²) in [6, 6.07) is 0.0282. The lowest BCUT2D eigenvalue weighted by Gasteiger charge is -2.40. The van der Waals surface area contributed by atoms with Gasteiger partial charge in [-0.3, -0.25) is 9.59 Å². The summed E-state index contributed by atoms with van der Waals surface area (Å²) in [5, 5.41) is 15.4. The van der Waals surface area contributed by atoms with Gasteiger partial charge in [0.25, 0.3) is 0 Å². The molecule has 5 nitrogen and oxygen atoms in total. The van der Waals surface area contributed by atoms with E-state index in [0.29, 0.717) is 6.04 Å². The molecular formula is C16H28N2O3. The molecule has 120 valence electrons. The molecule has 0 aromatic rings. The van der Waals surface area contributed by atoms with E-state index in [1.807, 2.05) is 13.8 Å². The minimum Gasteiger partial charge on any atom is -0.481 e. The number of fused-ring (bicyclic) bond motifs is 1. The van der Waals surface area contributed by atoms with Gasteiger partial charge in [0, 0.05) is 12.1 Å². The van der Waals surface area contributed by atoms with Crippen LogP contribution < -0.4 is 10.6 Å². The first-order valence-electron chi connectivity index (χ1n) is 8.25. The third kappa shape index (κ3) is 4.43. The van der Waals surface area contributed by atoms with Crippen molar-refractivity contribution in [3.05, 3.63) is 0 Å². The normalized spacial score (nSPS) is 30.5. The van der Waals surface area contributed by atoms with E-state index in [2.05, 4.69) is 10.6 Å². The number of piperidine rings is 1. The Kier molecular flexibility index (Phi) is 5.62.